The van der Waals surface area contributed by atoms with Crippen molar-refractivity contribution in [3.63, 3.8) is 0 Å². The topological polar surface area (TPSA) is 80.9 Å². The summed E-state index contributed by atoms with van der Waals surface area (Å²) in [5, 5.41) is 22.1. The molecule has 2 heterocycles. The van der Waals surface area contributed by atoms with Crippen LogP contribution in [0.15, 0.2) is 17.5 Å². The Bertz CT molecular complexity index is 503. The van der Waals surface area contributed by atoms with E-state index in [0.29, 0.717) is 5.82 Å². The summed E-state index contributed by atoms with van der Waals surface area (Å²) in [7, 11) is 0. The Hall–Kier alpha value is -1.76. The van der Waals surface area contributed by atoms with E-state index in [1.165, 1.54) is 16.0 Å². The summed E-state index contributed by atoms with van der Waals surface area (Å²) in [6.45, 7) is 3.12. The molecule has 0 aromatic carbocycles. The third-order valence-corrected chi connectivity index (χ3v) is 3.13. The number of rotatable bonds is 3. The molecule has 0 bridgehead atoms. The molecule has 0 unspecified atom stereocenters. The lowest BCUT2D eigenvalue weighted by Crippen LogP contribution is -2.37. The molecule has 0 saturated carbocycles. The van der Waals surface area contributed by atoms with Crippen molar-refractivity contribution in [3.05, 3.63) is 17.5 Å². The van der Waals surface area contributed by atoms with Crippen molar-refractivity contribution < 1.29 is 9.90 Å². The van der Waals surface area contributed by atoms with E-state index in [4.69, 9.17) is 5.11 Å². The molecule has 0 amide bonds. The molecule has 0 aliphatic rings. The Balaban J connectivity index is 2.52. The Morgan fingerprint density at radius 3 is 2.88 bits per heavy atom. The Morgan fingerprint density at radius 1 is 1.56 bits per heavy atom. The first kappa shape index (κ1) is 10.7. The monoisotopic (exact) mass is 238 g/mol. The molecular formula is C9H10N4O2S. The summed E-state index contributed by atoms with van der Waals surface area (Å²) >= 11 is 1.47. The van der Waals surface area contributed by atoms with Crippen molar-refractivity contribution in [2.24, 2.45) is 0 Å². The van der Waals surface area contributed by atoms with Gasteiger partial charge in [-0.05, 0) is 35.7 Å². The van der Waals surface area contributed by atoms with Gasteiger partial charge in [-0.2, -0.15) is 0 Å². The quantitative estimate of drug-likeness (QED) is 0.869. The van der Waals surface area contributed by atoms with E-state index in [-0.39, 0.29) is 0 Å². The summed E-state index contributed by atoms with van der Waals surface area (Å²) in [5.74, 6) is -0.500. The number of hydrogen-bond donors (Lipinski definition) is 1. The maximum absolute atomic E-state index is 11.1. The van der Waals surface area contributed by atoms with Gasteiger partial charge < -0.3 is 5.11 Å². The van der Waals surface area contributed by atoms with Crippen molar-refractivity contribution in [1.82, 2.24) is 20.2 Å². The van der Waals surface area contributed by atoms with E-state index < -0.39 is 11.5 Å². The second kappa shape index (κ2) is 3.67. The van der Waals surface area contributed by atoms with Crippen molar-refractivity contribution in [3.8, 4) is 10.7 Å². The maximum atomic E-state index is 11.1. The first-order valence-electron chi connectivity index (χ1n) is 4.59. The molecule has 2 aromatic heterocycles. The van der Waals surface area contributed by atoms with Gasteiger partial charge >= 0.3 is 5.97 Å². The van der Waals surface area contributed by atoms with E-state index in [9.17, 15) is 4.79 Å². The molecule has 2 aromatic rings. The molecule has 84 valence electrons. The van der Waals surface area contributed by atoms with Gasteiger partial charge in [-0.15, -0.1) is 16.4 Å². The molecule has 0 radical (unpaired) electrons. The van der Waals surface area contributed by atoms with E-state index in [1.54, 1.807) is 13.8 Å². The van der Waals surface area contributed by atoms with Crippen LogP contribution >= 0.6 is 11.3 Å². The number of carboxylic acid groups (broad SMARTS) is 1. The fourth-order valence-corrected chi connectivity index (χ4v) is 1.91. The van der Waals surface area contributed by atoms with Gasteiger partial charge in [-0.1, -0.05) is 6.07 Å². The summed E-state index contributed by atoms with van der Waals surface area (Å²) in [6.07, 6.45) is 0. The molecule has 1 N–H and O–H groups in total. The highest BCUT2D eigenvalue weighted by atomic mass is 32.1. The maximum Gasteiger partial charge on any atom is 0.331 e. The fourth-order valence-electron chi connectivity index (χ4n) is 1.21. The second-order valence-corrected chi connectivity index (χ2v) is 4.70. The van der Waals surface area contributed by atoms with Crippen LogP contribution in [-0.4, -0.2) is 31.3 Å². The lowest BCUT2D eigenvalue weighted by atomic mass is 10.1. The summed E-state index contributed by atoms with van der Waals surface area (Å²) in [5.41, 5.74) is -1.16. The zero-order chi connectivity index (χ0) is 11.8. The minimum atomic E-state index is -1.16. The number of hydrogen-bond acceptors (Lipinski definition) is 5. The fraction of sp³-hybridized carbons (Fsp3) is 0.333. The number of aliphatic carboxylic acids is 1. The molecule has 6 nitrogen and oxygen atoms in total. The van der Waals surface area contributed by atoms with Crippen molar-refractivity contribution in [2.75, 3.05) is 0 Å². The first-order valence-corrected chi connectivity index (χ1v) is 5.47. The van der Waals surface area contributed by atoms with Crippen LogP contribution in [-0.2, 0) is 10.3 Å². The summed E-state index contributed by atoms with van der Waals surface area (Å²) < 4.78 is 1.32. The Labute approximate surface area is 95.5 Å². The highest BCUT2D eigenvalue weighted by Crippen LogP contribution is 2.26. The molecule has 0 saturated heterocycles. The Kier molecular flexibility index (Phi) is 2.47. The highest BCUT2D eigenvalue weighted by Gasteiger charge is 2.33. The van der Waals surface area contributed by atoms with Crippen LogP contribution < -0.4 is 0 Å². The van der Waals surface area contributed by atoms with Crippen molar-refractivity contribution in [2.45, 2.75) is 19.4 Å². The molecular weight excluding hydrogens is 228 g/mol. The molecule has 0 fully saturated rings. The molecule has 0 aliphatic carbocycles. The van der Waals surface area contributed by atoms with Crippen LogP contribution in [0.5, 0.6) is 0 Å². The Morgan fingerprint density at radius 2 is 2.31 bits per heavy atom. The average molecular weight is 238 g/mol. The standard InChI is InChI=1S/C9H10N4O2S/c1-9(2,8(14)15)13-7(10-11-12-13)6-4-3-5-16-6/h3-5H,1-2H3,(H,14,15). The SMILES string of the molecule is CC(C)(C(=O)O)n1nnnc1-c1cccs1. The van der Waals surface area contributed by atoms with Gasteiger partial charge in [0.05, 0.1) is 4.88 Å². The third-order valence-electron chi connectivity index (χ3n) is 2.26. The van der Waals surface area contributed by atoms with Crippen LogP contribution in [0.2, 0.25) is 0 Å². The first-order chi connectivity index (χ1) is 7.53. The van der Waals surface area contributed by atoms with Crippen molar-refractivity contribution in [1.29, 1.82) is 0 Å². The van der Waals surface area contributed by atoms with Crippen molar-refractivity contribution >= 4 is 17.3 Å². The van der Waals surface area contributed by atoms with Crippen LogP contribution in [0.4, 0.5) is 0 Å². The zero-order valence-electron chi connectivity index (χ0n) is 8.78. The highest BCUT2D eigenvalue weighted by molar-refractivity contribution is 7.13. The lowest BCUT2D eigenvalue weighted by Gasteiger charge is -2.19. The number of nitrogens with zero attached hydrogens (tertiary/aromatic N) is 4. The van der Waals surface area contributed by atoms with Gasteiger partial charge in [-0.25, -0.2) is 9.48 Å². The van der Waals surface area contributed by atoms with Crippen LogP contribution in [0.25, 0.3) is 10.7 Å². The molecule has 0 spiro atoms. The second-order valence-electron chi connectivity index (χ2n) is 3.76. The number of aromatic nitrogens is 4. The predicted octanol–water partition coefficient (Wildman–Crippen LogP) is 1.22. The third kappa shape index (κ3) is 1.58. The number of tetrazole rings is 1. The van der Waals surface area contributed by atoms with E-state index >= 15 is 0 Å². The van der Waals surface area contributed by atoms with Gasteiger partial charge in [0.15, 0.2) is 11.4 Å². The number of carbonyl (C=O) groups is 1. The van der Waals surface area contributed by atoms with Gasteiger partial charge in [0.2, 0.25) is 0 Å². The van der Waals surface area contributed by atoms with E-state index in [2.05, 4.69) is 15.5 Å². The molecule has 0 atom stereocenters. The smallest absolute Gasteiger partial charge is 0.331 e. The van der Waals surface area contributed by atoms with Gasteiger partial charge in [0.25, 0.3) is 0 Å². The summed E-state index contributed by atoms with van der Waals surface area (Å²) in [6, 6.07) is 3.72. The minimum absolute atomic E-state index is 0.474. The summed E-state index contributed by atoms with van der Waals surface area (Å²) in [4.78, 5) is 12.0. The van der Waals surface area contributed by atoms with Crippen LogP contribution in [0.3, 0.4) is 0 Å². The average Bonchev–Trinajstić information content (AvgIpc) is 2.88. The van der Waals surface area contributed by atoms with Crippen LogP contribution in [0, 0.1) is 0 Å². The van der Waals surface area contributed by atoms with Crippen LogP contribution in [0.1, 0.15) is 13.8 Å². The lowest BCUT2D eigenvalue weighted by molar-refractivity contribution is -0.146. The number of thiophene rings is 1. The van der Waals surface area contributed by atoms with Gasteiger partial charge in [-0.3, -0.25) is 0 Å². The number of carboxylic acids is 1. The van der Waals surface area contributed by atoms with Gasteiger partial charge in [0.1, 0.15) is 0 Å². The molecule has 0 aliphatic heterocycles. The minimum Gasteiger partial charge on any atom is -0.479 e. The zero-order valence-corrected chi connectivity index (χ0v) is 9.60. The molecule has 16 heavy (non-hydrogen) atoms. The normalized spacial score (nSPS) is 11.6. The molecule has 2 rings (SSSR count). The van der Waals surface area contributed by atoms with E-state index in [1.807, 2.05) is 17.5 Å². The van der Waals surface area contributed by atoms with E-state index in [0.717, 1.165) is 4.88 Å². The molecule has 7 heteroatoms. The predicted molar refractivity (Wildman–Crippen MR) is 58.1 cm³/mol. The van der Waals surface area contributed by atoms with Gasteiger partial charge in [0, 0.05) is 0 Å². The largest absolute Gasteiger partial charge is 0.479 e.